The second-order valence-corrected chi connectivity index (χ2v) is 6.67. The predicted octanol–water partition coefficient (Wildman–Crippen LogP) is 4.76. The minimum absolute atomic E-state index is 0.219. The van der Waals surface area contributed by atoms with Crippen molar-refractivity contribution in [3.8, 4) is 16.9 Å². The molecular weight excluding hydrogens is 347 g/mol. The molecule has 0 fully saturated rings. The van der Waals surface area contributed by atoms with E-state index in [-0.39, 0.29) is 5.82 Å². The average Bonchev–Trinajstić information content (AvgIpc) is 3.22. The molecule has 0 saturated carbocycles. The van der Waals surface area contributed by atoms with Crippen LogP contribution in [0.3, 0.4) is 0 Å². The highest BCUT2D eigenvalue weighted by atomic mass is 32.2. The van der Waals surface area contributed by atoms with E-state index < -0.39 is 0 Å². The number of aromatic nitrogens is 4. The Bertz CT molecular complexity index is 983. The summed E-state index contributed by atoms with van der Waals surface area (Å²) >= 11 is 1.53. The van der Waals surface area contributed by atoms with Gasteiger partial charge < -0.3 is 0 Å². The van der Waals surface area contributed by atoms with Crippen LogP contribution in [0.4, 0.5) is 4.39 Å². The van der Waals surface area contributed by atoms with Crippen LogP contribution >= 0.6 is 11.8 Å². The predicted molar refractivity (Wildman–Crippen MR) is 101 cm³/mol. The molecule has 4 rings (SSSR count). The monoisotopic (exact) mass is 362 g/mol. The molecule has 26 heavy (non-hydrogen) atoms. The van der Waals surface area contributed by atoms with Crippen molar-refractivity contribution in [1.82, 2.24) is 20.0 Å². The standard InChI is InChI=1S/C20H15FN4S/c21-17-4-1-3-15(13-17)14-26-20-10-9-19(23-24-20)16-5-7-18(8-6-16)25-12-2-11-22-25/h1-13H,14H2. The van der Waals surface area contributed by atoms with Gasteiger partial charge in [0, 0.05) is 23.7 Å². The van der Waals surface area contributed by atoms with E-state index in [1.807, 2.05) is 59.4 Å². The summed E-state index contributed by atoms with van der Waals surface area (Å²) in [6.07, 6.45) is 3.65. The molecule has 0 spiro atoms. The largest absolute Gasteiger partial charge is 0.241 e. The third kappa shape index (κ3) is 3.81. The summed E-state index contributed by atoms with van der Waals surface area (Å²) in [4.78, 5) is 0. The first-order chi connectivity index (χ1) is 12.8. The van der Waals surface area contributed by atoms with Crippen molar-refractivity contribution in [3.05, 3.63) is 90.5 Å². The Labute approximate surface area is 154 Å². The SMILES string of the molecule is Fc1cccc(CSc2ccc(-c3ccc(-n4cccn4)cc3)nn2)c1. The van der Waals surface area contributed by atoms with Gasteiger partial charge in [0.1, 0.15) is 10.8 Å². The maximum atomic E-state index is 13.2. The summed E-state index contributed by atoms with van der Waals surface area (Å²) in [5, 5.41) is 13.6. The number of hydrogen-bond donors (Lipinski definition) is 0. The highest BCUT2D eigenvalue weighted by molar-refractivity contribution is 7.98. The molecule has 0 N–H and O–H groups in total. The summed E-state index contributed by atoms with van der Waals surface area (Å²) in [7, 11) is 0. The van der Waals surface area contributed by atoms with Crippen molar-refractivity contribution in [1.29, 1.82) is 0 Å². The molecule has 0 unspecified atom stereocenters. The van der Waals surface area contributed by atoms with Crippen molar-refractivity contribution in [2.45, 2.75) is 10.8 Å². The zero-order chi connectivity index (χ0) is 17.8. The number of benzene rings is 2. The summed E-state index contributed by atoms with van der Waals surface area (Å²) in [5.41, 5.74) is 3.73. The van der Waals surface area contributed by atoms with Gasteiger partial charge in [0.05, 0.1) is 11.4 Å². The van der Waals surface area contributed by atoms with Crippen LogP contribution in [0.5, 0.6) is 0 Å². The molecule has 0 bridgehead atoms. The highest BCUT2D eigenvalue weighted by Crippen LogP contribution is 2.23. The molecule has 6 heteroatoms. The first-order valence-electron chi connectivity index (χ1n) is 8.09. The fourth-order valence-corrected chi connectivity index (χ4v) is 3.30. The summed E-state index contributed by atoms with van der Waals surface area (Å²) < 4.78 is 15.0. The molecule has 0 aliphatic rings. The van der Waals surface area contributed by atoms with E-state index in [1.165, 1.54) is 23.9 Å². The Kier molecular flexibility index (Phi) is 4.75. The van der Waals surface area contributed by atoms with Crippen molar-refractivity contribution >= 4 is 11.8 Å². The first-order valence-corrected chi connectivity index (χ1v) is 9.08. The Morgan fingerprint density at radius 2 is 1.81 bits per heavy atom. The Morgan fingerprint density at radius 1 is 0.923 bits per heavy atom. The minimum atomic E-state index is -0.219. The molecule has 0 radical (unpaired) electrons. The number of rotatable bonds is 5. The smallest absolute Gasteiger partial charge is 0.123 e. The third-order valence-electron chi connectivity index (χ3n) is 3.85. The van der Waals surface area contributed by atoms with Crippen LogP contribution in [0.15, 0.2) is 84.1 Å². The summed E-state index contributed by atoms with van der Waals surface area (Å²) in [6, 6.07) is 20.4. The summed E-state index contributed by atoms with van der Waals surface area (Å²) in [5.74, 6) is 0.438. The van der Waals surface area contributed by atoms with Gasteiger partial charge in [0.15, 0.2) is 0 Å². The van der Waals surface area contributed by atoms with E-state index in [4.69, 9.17) is 0 Å². The van der Waals surface area contributed by atoms with Crippen molar-refractivity contribution < 1.29 is 4.39 Å². The van der Waals surface area contributed by atoms with Crippen LogP contribution in [-0.4, -0.2) is 20.0 Å². The maximum Gasteiger partial charge on any atom is 0.123 e. The average molecular weight is 362 g/mol. The van der Waals surface area contributed by atoms with Crippen LogP contribution in [-0.2, 0) is 5.75 Å². The molecule has 2 heterocycles. The zero-order valence-electron chi connectivity index (χ0n) is 13.8. The van der Waals surface area contributed by atoms with Crippen molar-refractivity contribution in [2.24, 2.45) is 0 Å². The van der Waals surface area contributed by atoms with Gasteiger partial charge in [0.25, 0.3) is 0 Å². The van der Waals surface area contributed by atoms with Gasteiger partial charge in [0.2, 0.25) is 0 Å². The molecule has 4 nitrogen and oxygen atoms in total. The van der Waals surface area contributed by atoms with Gasteiger partial charge >= 0.3 is 0 Å². The fraction of sp³-hybridized carbons (Fsp3) is 0.0500. The van der Waals surface area contributed by atoms with Crippen LogP contribution in [0.2, 0.25) is 0 Å². The van der Waals surface area contributed by atoms with E-state index in [2.05, 4.69) is 15.3 Å². The molecular formula is C20H15FN4S. The second kappa shape index (κ2) is 7.49. The topological polar surface area (TPSA) is 43.6 Å². The van der Waals surface area contributed by atoms with Gasteiger partial charge in [-0.15, -0.1) is 10.2 Å². The molecule has 128 valence electrons. The van der Waals surface area contributed by atoms with Crippen molar-refractivity contribution in [3.63, 3.8) is 0 Å². The van der Waals surface area contributed by atoms with Crippen LogP contribution < -0.4 is 0 Å². The Hall–Kier alpha value is -2.99. The van der Waals surface area contributed by atoms with E-state index in [9.17, 15) is 4.39 Å². The third-order valence-corrected chi connectivity index (χ3v) is 4.84. The molecule has 0 saturated heterocycles. The first kappa shape index (κ1) is 16.5. The van der Waals surface area contributed by atoms with Gasteiger partial charge in [-0.2, -0.15) is 5.10 Å². The lowest BCUT2D eigenvalue weighted by molar-refractivity contribution is 0.626. The lowest BCUT2D eigenvalue weighted by Gasteiger charge is -2.05. The maximum absolute atomic E-state index is 13.2. The van der Waals surface area contributed by atoms with Crippen LogP contribution in [0.1, 0.15) is 5.56 Å². The van der Waals surface area contributed by atoms with E-state index in [0.717, 1.165) is 27.5 Å². The number of nitrogens with zero attached hydrogens (tertiary/aromatic N) is 4. The van der Waals surface area contributed by atoms with Crippen LogP contribution in [0.25, 0.3) is 16.9 Å². The van der Waals surface area contributed by atoms with Gasteiger partial charge in [-0.05, 0) is 48.0 Å². The molecule has 2 aromatic carbocycles. The Balaban J connectivity index is 1.44. The van der Waals surface area contributed by atoms with E-state index in [1.54, 1.807) is 12.3 Å². The molecule has 4 aromatic rings. The molecule has 2 aromatic heterocycles. The minimum Gasteiger partial charge on any atom is -0.241 e. The highest BCUT2D eigenvalue weighted by Gasteiger charge is 2.04. The number of hydrogen-bond acceptors (Lipinski definition) is 4. The lowest BCUT2D eigenvalue weighted by atomic mass is 10.1. The zero-order valence-corrected chi connectivity index (χ0v) is 14.6. The normalized spacial score (nSPS) is 10.8. The summed E-state index contributed by atoms with van der Waals surface area (Å²) in [6.45, 7) is 0. The number of halogens is 1. The molecule has 0 aliphatic carbocycles. The van der Waals surface area contributed by atoms with E-state index >= 15 is 0 Å². The van der Waals surface area contributed by atoms with E-state index in [0.29, 0.717) is 5.75 Å². The second-order valence-electron chi connectivity index (χ2n) is 5.67. The molecule has 0 atom stereocenters. The van der Waals surface area contributed by atoms with Crippen LogP contribution in [0, 0.1) is 5.82 Å². The molecule has 0 amide bonds. The van der Waals surface area contributed by atoms with Gasteiger partial charge in [-0.1, -0.05) is 36.0 Å². The fourth-order valence-electron chi connectivity index (χ4n) is 2.54. The number of thioether (sulfide) groups is 1. The van der Waals surface area contributed by atoms with Gasteiger partial charge in [-0.3, -0.25) is 0 Å². The molecule has 0 aliphatic heterocycles. The van der Waals surface area contributed by atoms with Gasteiger partial charge in [-0.25, -0.2) is 9.07 Å². The quantitative estimate of drug-likeness (QED) is 0.480. The lowest BCUT2D eigenvalue weighted by Crippen LogP contribution is -1.94. The Morgan fingerprint density at radius 3 is 2.50 bits per heavy atom. The van der Waals surface area contributed by atoms with Crippen molar-refractivity contribution in [2.75, 3.05) is 0 Å².